The minimum absolute atomic E-state index is 0.209. The molecule has 3 unspecified atom stereocenters. The van der Waals surface area contributed by atoms with E-state index in [-0.39, 0.29) is 5.54 Å². The Morgan fingerprint density at radius 1 is 0.722 bits per heavy atom. The number of fused-ring (bicyclic) bond motifs is 1. The SMILES string of the molecule is CC1=CC(C)C(C)(N2[CH-]N(c3c(C)cc(C)cc3C)CC2)C(C)C1.[Cl][Ru]([Cl])=[C]1C=C(c2ccccc2)c2ccccc21.c1ccncc1.c1ccncc1. The number of aryl methyl sites for hydroxylation is 3. The first-order valence-electron chi connectivity index (χ1n) is 18.6. The fourth-order valence-corrected chi connectivity index (χ4v) is 10.3. The average molecular weight is 846 g/mol. The molecule has 4 nitrogen and oxygen atoms in total. The van der Waals surface area contributed by atoms with E-state index < -0.39 is 13.5 Å². The first-order valence-corrected chi connectivity index (χ1v) is 23.9. The molecule has 1 saturated heterocycles. The number of hydrogen-bond acceptors (Lipinski definition) is 4. The van der Waals surface area contributed by atoms with Crippen molar-refractivity contribution in [3.63, 3.8) is 0 Å². The molecule has 3 aliphatic rings. The summed E-state index contributed by atoms with van der Waals surface area (Å²) >= 11 is -1.88. The van der Waals surface area contributed by atoms with Gasteiger partial charge in [0.1, 0.15) is 0 Å². The second-order valence-corrected chi connectivity index (χ2v) is 20.2. The van der Waals surface area contributed by atoms with E-state index in [4.69, 9.17) is 19.4 Å². The Balaban J connectivity index is 0.000000162. The predicted molar refractivity (Wildman–Crippen MR) is 228 cm³/mol. The maximum atomic E-state index is 6.19. The molecule has 5 aromatic rings. The fourth-order valence-electron chi connectivity index (χ4n) is 7.80. The topological polar surface area (TPSA) is 32.3 Å². The molecule has 54 heavy (non-hydrogen) atoms. The molecule has 3 atom stereocenters. The second kappa shape index (κ2) is 19.7. The monoisotopic (exact) mass is 845 g/mol. The summed E-state index contributed by atoms with van der Waals surface area (Å²) in [4.78, 5) is 12.7. The molecule has 2 aliphatic carbocycles. The largest absolute Gasteiger partial charge is 0.265 e. The van der Waals surface area contributed by atoms with E-state index in [9.17, 15) is 0 Å². The first kappa shape index (κ1) is 41.4. The van der Waals surface area contributed by atoms with Crippen LogP contribution in [0.15, 0.2) is 146 Å². The molecule has 7 heteroatoms. The fraction of sp³-hybridized carbons (Fsp3) is 0.277. The van der Waals surface area contributed by atoms with Crippen LogP contribution in [0, 0.1) is 39.3 Å². The molecule has 1 aliphatic heterocycles. The van der Waals surface area contributed by atoms with Crippen LogP contribution in [-0.4, -0.2) is 37.6 Å². The Morgan fingerprint density at radius 3 is 1.76 bits per heavy atom. The number of nitrogens with zero attached hydrogens (tertiary/aromatic N) is 4. The maximum Gasteiger partial charge on any atom is 0.0267 e. The number of halogens is 2. The third-order valence-corrected chi connectivity index (χ3v) is 13.7. The number of anilines is 1. The van der Waals surface area contributed by atoms with E-state index in [1.54, 1.807) is 30.4 Å². The van der Waals surface area contributed by atoms with Gasteiger partial charge in [-0.1, -0.05) is 55.3 Å². The molecule has 8 rings (SSSR count). The number of rotatable bonds is 3. The van der Waals surface area contributed by atoms with Crippen molar-refractivity contribution < 1.29 is 13.5 Å². The summed E-state index contributed by atoms with van der Waals surface area (Å²) in [6.45, 7) is 20.8. The van der Waals surface area contributed by atoms with E-state index in [1.807, 2.05) is 60.7 Å². The van der Waals surface area contributed by atoms with Crippen LogP contribution >= 0.6 is 19.4 Å². The van der Waals surface area contributed by atoms with Gasteiger partial charge in [0.05, 0.1) is 0 Å². The second-order valence-electron chi connectivity index (χ2n) is 14.4. The van der Waals surface area contributed by atoms with Crippen molar-refractivity contribution in [2.75, 3.05) is 18.0 Å². The first-order chi connectivity index (χ1) is 26.0. The van der Waals surface area contributed by atoms with Crippen molar-refractivity contribution in [3.05, 3.63) is 186 Å². The number of hydrogen-bond donors (Lipinski definition) is 0. The standard InChI is InChI=1S/C22H33N2.C15H10.2C5H5N.2ClH.Ru/c1-15-10-17(3)21(18(4)11-15)23-8-9-24(14-23)22(7)19(5)12-16(2)13-20(22)6;1-2-6-12(7-3-1)15-11-10-13-8-4-5-9-14(13)15;2*1-2-4-6-5-3-1;;;/h10-12,14,19-20H,8-9,13H2,1-7H3;1-9,11H;2*1-5H;2*1H;/q-1;;;;;;+2/p-2. The van der Waals surface area contributed by atoms with Crippen LogP contribution in [0.5, 0.6) is 0 Å². The number of allylic oxidation sites excluding steroid dienone is 2. The van der Waals surface area contributed by atoms with Crippen LogP contribution in [0.4, 0.5) is 5.69 Å². The Labute approximate surface area is 337 Å². The van der Waals surface area contributed by atoms with E-state index in [0.29, 0.717) is 11.8 Å². The van der Waals surface area contributed by atoms with Gasteiger partial charge in [0.15, 0.2) is 0 Å². The zero-order valence-corrected chi connectivity index (χ0v) is 35.8. The third kappa shape index (κ3) is 10.3. The molecule has 0 spiro atoms. The van der Waals surface area contributed by atoms with Gasteiger partial charge in [-0.2, -0.15) is 6.67 Å². The summed E-state index contributed by atoms with van der Waals surface area (Å²) in [5, 5.41) is 0. The van der Waals surface area contributed by atoms with Crippen molar-refractivity contribution in [2.45, 2.75) is 60.4 Å². The molecular formula is C47H53Cl2N4Ru-. The molecule has 3 aromatic carbocycles. The van der Waals surface area contributed by atoms with E-state index in [0.717, 1.165) is 17.2 Å². The summed E-state index contributed by atoms with van der Waals surface area (Å²) < 4.78 is 1.12. The van der Waals surface area contributed by atoms with Crippen LogP contribution < -0.4 is 4.90 Å². The Hall–Kier alpha value is -3.73. The Kier molecular flexibility index (Phi) is 15.1. The van der Waals surface area contributed by atoms with Gasteiger partial charge in [-0.25, -0.2) is 0 Å². The van der Waals surface area contributed by atoms with Crippen molar-refractivity contribution in [1.29, 1.82) is 0 Å². The van der Waals surface area contributed by atoms with Crippen LogP contribution in [0.3, 0.4) is 0 Å². The van der Waals surface area contributed by atoms with E-state index >= 15 is 0 Å². The van der Waals surface area contributed by atoms with Crippen LogP contribution in [0.1, 0.15) is 67.5 Å². The van der Waals surface area contributed by atoms with E-state index in [2.05, 4.69) is 130 Å². The average Bonchev–Trinajstić information content (AvgIpc) is 3.82. The summed E-state index contributed by atoms with van der Waals surface area (Å²) in [5.74, 6) is 1.26. The molecule has 3 heterocycles. The summed E-state index contributed by atoms with van der Waals surface area (Å²) in [6.07, 6.45) is 12.9. The molecule has 2 aromatic heterocycles. The van der Waals surface area contributed by atoms with Crippen molar-refractivity contribution in [1.82, 2.24) is 14.9 Å². The Morgan fingerprint density at radius 2 is 1.26 bits per heavy atom. The van der Waals surface area contributed by atoms with E-state index in [1.165, 1.54) is 51.1 Å². The van der Waals surface area contributed by atoms with Crippen LogP contribution in [-0.2, 0) is 13.5 Å². The van der Waals surface area contributed by atoms with Gasteiger partial charge in [-0.05, 0) is 94.8 Å². The third-order valence-electron chi connectivity index (χ3n) is 10.6. The smallest absolute Gasteiger partial charge is 0.0267 e. The summed E-state index contributed by atoms with van der Waals surface area (Å²) in [5.41, 5.74) is 12.1. The molecule has 1 fully saturated rings. The molecular weight excluding hydrogens is 793 g/mol. The quantitative estimate of drug-likeness (QED) is 0.103. The van der Waals surface area contributed by atoms with Crippen molar-refractivity contribution >= 4 is 34.7 Å². The molecule has 0 amide bonds. The van der Waals surface area contributed by atoms with Gasteiger partial charge < -0.3 is 9.80 Å². The van der Waals surface area contributed by atoms with Gasteiger partial charge in [-0.3, -0.25) is 9.97 Å². The van der Waals surface area contributed by atoms with Gasteiger partial charge in [-0.15, -0.1) is 0 Å². The summed E-state index contributed by atoms with van der Waals surface area (Å²) in [7, 11) is 12.4. The minimum atomic E-state index is -1.88. The number of benzene rings is 3. The maximum absolute atomic E-state index is 6.19. The zero-order valence-electron chi connectivity index (χ0n) is 32.5. The molecule has 0 N–H and O–H groups in total. The minimum Gasteiger partial charge on any atom is -0.265 e. The molecule has 0 bridgehead atoms. The number of aromatic nitrogens is 2. The van der Waals surface area contributed by atoms with Gasteiger partial charge in [0.25, 0.3) is 0 Å². The van der Waals surface area contributed by atoms with Gasteiger partial charge >= 0.3 is 120 Å². The molecule has 0 saturated carbocycles. The van der Waals surface area contributed by atoms with Gasteiger partial charge in [0, 0.05) is 42.6 Å². The molecule has 0 radical (unpaired) electrons. The van der Waals surface area contributed by atoms with Crippen LogP contribution in [0.25, 0.3) is 5.57 Å². The normalized spacial score (nSPS) is 20.5. The van der Waals surface area contributed by atoms with Gasteiger partial charge in [0.2, 0.25) is 0 Å². The molecule has 284 valence electrons. The van der Waals surface area contributed by atoms with Crippen LogP contribution in [0.2, 0.25) is 0 Å². The van der Waals surface area contributed by atoms with Crippen molar-refractivity contribution in [3.8, 4) is 0 Å². The predicted octanol–water partition coefficient (Wildman–Crippen LogP) is 12.0. The number of pyridine rings is 2. The summed E-state index contributed by atoms with van der Waals surface area (Å²) in [6, 6.07) is 34.7. The van der Waals surface area contributed by atoms with Crippen molar-refractivity contribution in [2.24, 2.45) is 11.8 Å². The zero-order chi connectivity index (χ0) is 38.7. The Bertz CT molecular complexity index is 1940.